The van der Waals surface area contributed by atoms with Crippen molar-refractivity contribution in [2.45, 2.75) is 37.5 Å². The van der Waals surface area contributed by atoms with Gasteiger partial charge in [-0.3, -0.25) is 9.59 Å². The van der Waals surface area contributed by atoms with Crippen molar-refractivity contribution in [2.24, 2.45) is 0 Å². The number of thioether (sulfide) groups is 1. The lowest BCUT2D eigenvalue weighted by Crippen LogP contribution is -2.43. The van der Waals surface area contributed by atoms with Crippen molar-refractivity contribution < 1.29 is 24.6 Å². The molecule has 1 rings (SSSR count). The summed E-state index contributed by atoms with van der Waals surface area (Å²) in [5.74, 6) is -3.34. The van der Waals surface area contributed by atoms with Crippen LogP contribution in [0.3, 0.4) is 0 Å². The molecule has 1 aromatic heterocycles. The van der Waals surface area contributed by atoms with Crippen LogP contribution in [0, 0.1) is 0 Å². The summed E-state index contributed by atoms with van der Waals surface area (Å²) in [6.45, 7) is 3.86. The van der Waals surface area contributed by atoms with E-state index < -0.39 is 30.3 Å². The van der Waals surface area contributed by atoms with Gasteiger partial charge in [-0.05, 0) is 13.8 Å². The zero-order valence-corrected chi connectivity index (χ0v) is 12.3. The summed E-state index contributed by atoms with van der Waals surface area (Å²) in [6, 6.07) is -1.32. The molecule has 0 unspecified atom stereocenters. The number of aliphatic carboxylic acids is 2. The number of rotatable bonds is 8. The molecule has 3 N–H and O–H groups in total. The Morgan fingerprint density at radius 3 is 2.57 bits per heavy atom. The van der Waals surface area contributed by atoms with Crippen molar-refractivity contribution >= 4 is 29.6 Å². The van der Waals surface area contributed by atoms with Gasteiger partial charge in [0.2, 0.25) is 5.91 Å². The number of nitrogens with zero attached hydrogens (tertiary/aromatic N) is 3. The fraction of sp³-hybridized carbons (Fsp3) is 0.545. The maximum Gasteiger partial charge on any atom is 0.326 e. The van der Waals surface area contributed by atoms with E-state index in [1.807, 2.05) is 13.8 Å². The molecule has 0 radical (unpaired) electrons. The molecule has 1 amide bonds. The maximum atomic E-state index is 11.7. The molecule has 1 atom stereocenters. The predicted octanol–water partition coefficient (Wildman–Crippen LogP) is -0.00480. The molecule has 10 heteroatoms. The summed E-state index contributed by atoms with van der Waals surface area (Å²) in [5.41, 5.74) is 0. The molecule has 0 spiro atoms. The van der Waals surface area contributed by atoms with Crippen LogP contribution in [0.2, 0.25) is 0 Å². The van der Waals surface area contributed by atoms with E-state index in [-0.39, 0.29) is 11.8 Å². The van der Waals surface area contributed by atoms with Crippen LogP contribution in [0.15, 0.2) is 11.5 Å². The van der Waals surface area contributed by atoms with Crippen molar-refractivity contribution in [2.75, 3.05) is 5.75 Å². The molecule has 0 aliphatic heterocycles. The first-order valence-corrected chi connectivity index (χ1v) is 7.06. The SMILES string of the molecule is CC(C)n1cnnc1SCC(=O)N[C@@H](CC(=O)O)C(=O)O. The number of hydrogen-bond acceptors (Lipinski definition) is 6. The van der Waals surface area contributed by atoms with Gasteiger partial charge in [0.25, 0.3) is 0 Å². The highest BCUT2D eigenvalue weighted by Crippen LogP contribution is 2.18. The molecule has 116 valence electrons. The van der Waals surface area contributed by atoms with Crippen molar-refractivity contribution in [3.63, 3.8) is 0 Å². The van der Waals surface area contributed by atoms with Crippen molar-refractivity contribution in [1.82, 2.24) is 20.1 Å². The van der Waals surface area contributed by atoms with Gasteiger partial charge in [-0.25, -0.2) is 4.79 Å². The minimum Gasteiger partial charge on any atom is -0.481 e. The van der Waals surface area contributed by atoms with Crippen LogP contribution in [-0.2, 0) is 14.4 Å². The van der Waals surface area contributed by atoms with Gasteiger partial charge in [0.1, 0.15) is 12.4 Å². The average Bonchev–Trinajstić information content (AvgIpc) is 2.83. The van der Waals surface area contributed by atoms with Crippen LogP contribution >= 0.6 is 11.8 Å². The monoisotopic (exact) mass is 316 g/mol. The summed E-state index contributed by atoms with van der Waals surface area (Å²) in [6.07, 6.45) is 0.864. The summed E-state index contributed by atoms with van der Waals surface area (Å²) >= 11 is 1.10. The molecular formula is C11H16N4O5S. The van der Waals surface area contributed by atoms with E-state index in [9.17, 15) is 14.4 Å². The standard InChI is InChI=1S/C11H16N4O5S/c1-6(2)15-5-12-14-11(15)21-4-8(16)13-7(10(19)20)3-9(17)18/h5-7H,3-4H2,1-2H3,(H,13,16)(H,17,18)(H,19,20)/t7-/m0/s1. The third kappa shape index (κ3) is 5.42. The third-order valence-electron chi connectivity index (χ3n) is 2.44. The van der Waals surface area contributed by atoms with Crippen LogP contribution in [-0.4, -0.2) is 54.6 Å². The summed E-state index contributed by atoms with van der Waals surface area (Å²) < 4.78 is 1.77. The summed E-state index contributed by atoms with van der Waals surface area (Å²) in [4.78, 5) is 33.0. The zero-order chi connectivity index (χ0) is 16.0. The van der Waals surface area contributed by atoms with Crippen molar-refractivity contribution in [1.29, 1.82) is 0 Å². The molecule has 0 aromatic carbocycles. The van der Waals surface area contributed by atoms with Gasteiger partial charge in [0, 0.05) is 6.04 Å². The van der Waals surface area contributed by atoms with Crippen LogP contribution in [0.25, 0.3) is 0 Å². The molecule has 0 saturated carbocycles. The molecule has 0 saturated heterocycles. The Kier molecular flexibility index (Phi) is 6.15. The molecule has 0 aliphatic carbocycles. The van der Waals surface area contributed by atoms with Gasteiger partial charge >= 0.3 is 11.9 Å². The Bertz CT molecular complexity index is 530. The van der Waals surface area contributed by atoms with Gasteiger partial charge in [0.15, 0.2) is 5.16 Å². The number of nitrogens with one attached hydrogen (secondary N) is 1. The molecule has 0 fully saturated rings. The smallest absolute Gasteiger partial charge is 0.326 e. The number of carbonyl (C=O) groups excluding carboxylic acids is 1. The predicted molar refractivity (Wildman–Crippen MR) is 73.0 cm³/mol. The third-order valence-corrected chi connectivity index (χ3v) is 3.40. The number of amides is 1. The number of carbonyl (C=O) groups is 3. The van der Waals surface area contributed by atoms with E-state index in [0.717, 1.165) is 11.8 Å². The molecule has 1 aromatic rings. The first-order valence-electron chi connectivity index (χ1n) is 6.07. The van der Waals surface area contributed by atoms with Crippen molar-refractivity contribution in [3.05, 3.63) is 6.33 Å². The maximum absolute atomic E-state index is 11.7. The van der Waals surface area contributed by atoms with E-state index in [1.54, 1.807) is 4.57 Å². The molecule has 21 heavy (non-hydrogen) atoms. The van der Waals surface area contributed by atoms with Crippen molar-refractivity contribution in [3.8, 4) is 0 Å². The quantitative estimate of drug-likeness (QED) is 0.570. The normalized spacial score (nSPS) is 12.1. The fourth-order valence-corrected chi connectivity index (χ4v) is 2.29. The highest BCUT2D eigenvalue weighted by atomic mass is 32.2. The molecule has 0 aliphatic rings. The van der Waals surface area contributed by atoms with E-state index in [1.165, 1.54) is 6.33 Å². The fourth-order valence-electron chi connectivity index (χ4n) is 1.43. The Morgan fingerprint density at radius 2 is 2.05 bits per heavy atom. The van der Waals surface area contributed by atoms with Gasteiger partial charge in [-0.1, -0.05) is 11.8 Å². The van der Waals surface area contributed by atoms with Crippen LogP contribution < -0.4 is 5.32 Å². The van der Waals surface area contributed by atoms with Gasteiger partial charge < -0.3 is 20.1 Å². The van der Waals surface area contributed by atoms with Gasteiger partial charge in [-0.2, -0.15) is 0 Å². The Morgan fingerprint density at radius 1 is 1.38 bits per heavy atom. The largest absolute Gasteiger partial charge is 0.481 e. The Balaban J connectivity index is 2.55. The highest BCUT2D eigenvalue weighted by Gasteiger charge is 2.23. The molecule has 1 heterocycles. The lowest BCUT2D eigenvalue weighted by molar-refractivity contribution is -0.147. The number of aromatic nitrogens is 3. The second kappa shape index (κ2) is 7.62. The number of carboxylic acid groups (broad SMARTS) is 2. The van der Waals surface area contributed by atoms with Gasteiger partial charge in [0.05, 0.1) is 12.2 Å². The van der Waals surface area contributed by atoms with Gasteiger partial charge in [-0.15, -0.1) is 10.2 Å². The van der Waals surface area contributed by atoms with Crippen LogP contribution in [0.4, 0.5) is 0 Å². The first kappa shape index (κ1) is 17.0. The average molecular weight is 316 g/mol. The van der Waals surface area contributed by atoms with E-state index in [2.05, 4.69) is 15.5 Å². The molecule has 9 nitrogen and oxygen atoms in total. The lowest BCUT2D eigenvalue weighted by Gasteiger charge is -2.12. The topological polar surface area (TPSA) is 134 Å². The van der Waals surface area contributed by atoms with E-state index in [4.69, 9.17) is 10.2 Å². The Labute approximate surface area is 124 Å². The number of hydrogen-bond donors (Lipinski definition) is 3. The van der Waals surface area contributed by atoms with E-state index in [0.29, 0.717) is 5.16 Å². The second-order valence-corrected chi connectivity index (χ2v) is 5.40. The summed E-state index contributed by atoms with van der Waals surface area (Å²) in [5, 5.41) is 27.7. The highest BCUT2D eigenvalue weighted by molar-refractivity contribution is 7.99. The summed E-state index contributed by atoms with van der Waals surface area (Å²) in [7, 11) is 0. The second-order valence-electron chi connectivity index (χ2n) is 4.46. The van der Waals surface area contributed by atoms with E-state index >= 15 is 0 Å². The molecule has 0 bridgehead atoms. The zero-order valence-electron chi connectivity index (χ0n) is 11.5. The first-order chi connectivity index (χ1) is 9.81. The Hall–Kier alpha value is -2.10. The van der Waals surface area contributed by atoms with Crippen LogP contribution in [0.1, 0.15) is 26.3 Å². The minimum absolute atomic E-state index is 0.0746. The minimum atomic E-state index is -1.45. The molecular weight excluding hydrogens is 300 g/mol. The number of carboxylic acids is 2. The lowest BCUT2D eigenvalue weighted by atomic mass is 10.2. The van der Waals surface area contributed by atoms with Crippen LogP contribution in [0.5, 0.6) is 0 Å².